The summed E-state index contributed by atoms with van der Waals surface area (Å²) in [6.45, 7) is 1.63. The number of ketones is 1. The van der Waals surface area contributed by atoms with Gasteiger partial charge in [0.25, 0.3) is 0 Å². The minimum absolute atomic E-state index is 0.00679. The lowest BCUT2D eigenvalue weighted by molar-refractivity contribution is -0.126. The molecule has 4 N–H and O–H groups in total. The standard InChI is InChI=1S/C26H30ClN5O2/c27-19-4-5-21-18(15-19)16-22(30-21)24(33)26(28)10-2-1-3-23(26)31-25(34)17-8-13-32(14-9-17)20-6-11-29-12-7-20/h4-7,11-12,15-17,23,30H,1-3,8-10,13-14,28H2,(H,31,34). The van der Waals surface area contributed by atoms with E-state index >= 15 is 0 Å². The summed E-state index contributed by atoms with van der Waals surface area (Å²) in [5.74, 6) is -0.223. The Bertz CT molecular complexity index is 1190. The second-order valence-corrected chi connectivity index (χ2v) is 9.99. The molecule has 5 rings (SSSR count). The van der Waals surface area contributed by atoms with E-state index in [0.717, 1.165) is 55.4 Å². The Morgan fingerprint density at radius 3 is 2.62 bits per heavy atom. The first-order chi connectivity index (χ1) is 16.4. The van der Waals surface area contributed by atoms with Crippen molar-refractivity contribution in [1.29, 1.82) is 0 Å². The van der Waals surface area contributed by atoms with E-state index in [4.69, 9.17) is 17.3 Å². The van der Waals surface area contributed by atoms with Gasteiger partial charge in [-0.2, -0.15) is 0 Å². The van der Waals surface area contributed by atoms with Gasteiger partial charge in [0.1, 0.15) is 5.54 Å². The van der Waals surface area contributed by atoms with Crippen LogP contribution < -0.4 is 16.0 Å². The molecule has 3 aromatic rings. The predicted molar refractivity (Wildman–Crippen MR) is 134 cm³/mol. The summed E-state index contributed by atoms with van der Waals surface area (Å²) in [6, 6.07) is 10.9. The lowest BCUT2D eigenvalue weighted by Crippen LogP contribution is -2.65. The molecule has 3 heterocycles. The number of H-pyrrole nitrogens is 1. The zero-order valence-electron chi connectivity index (χ0n) is 19.1. The number of Topliss-reactive ketones (excluding diaryl/α,β-unsaturated/α-hetero) is 1. The lowest BCUT2D eigenvalue weighted by atomic mass is 9.74. The van der Waals surface area contributed by atoms with Gasteiger partial charge >= 0.3 is 0 Å². The maximum Gasteiger partial charge on any atom is 0.223 e. The first-order valence-electron chi connectivity index (χ1n) is 12.0. The number of aromatic nitrogens is 2. The molecule has 1 saturated carbocycles. The van der Waals surface area contributed by atoms with Crippen LogP contribution in [0.1, 0.15) is 49.0 Å². The number of hydrogen-bond donors (Lipinski definition) is 3. The number of anilines is 1. The molecule has 1 saturated heterocycles. The number of fused-ring (bicyclic) bond motifs is 1. The van der Waals surface area contributed by atoms with Crippen LogP contribution in [-0.4, -0.2) is 46.3 Å². The molecule has 0 spiro atoms. The molecule has 1 aliphatic heterocycles. The molecule has 8 heteroatoms. The molecule has 34 heavy (non-hydrogen) atoms. The van der Waals surface area contributed by atoms with Crippen LogP contribution in [0, 0.1) is 5.92 Å². The second kappa shape index (κ2) is 9.39. The van der Waals surface area contributed by atoms with Crippen LogP contribution >= 0.6 is 11.6 Å². The summed E-state index contributed by atoms with van der Waals surface area (Å²) in [5.41, 5.74) is 8.09. The van der Waals surface area contributed by atoms with Crippen molar-refractivity contribution in [2.24, 2.45) is 11.7 Å². The second-order valence-electron chi connectivity index (χ2n) is 9.56. The number of amides is 1. The van der Waals surface area contributed by atoms with Crippen LogP contribution in [0.5, 0.6) is 0 Å². The molecule has 2 aromatic heterocycles. The van der Waals surface area contributed by atoms with Gasteiger partial charge in [-0.05, 0) is 62.1 Å². The number of nitrogens with zero attached hydrogens (tertiary/aromatic N) is 2. The number of rotatable bonds is 5. The van der Waals surface area contributed by atoms with Crippen molar-refractivity contribution >= 4 is 39.9 Å². The van der Waals surface area contributed by atoms with Crippen molar-refractivity contribution in [3.63, 3.8) is 0 Å². The third-order valence-corrected chi connectivity index (χ3v) is 7.65. The van der Waals surface area contributed by atoms with Crippen molar-refractivity contribution in [3.8, 4) is 0 Å². The highest BCUT2D eigenvalue weighted by atomic mass is 35.5. The molecule has 2 unspecified atom stereocenters. The number of hydrogen-bond acceptors (Lipinski definition) is 5. The number of nitrogens with one attached hydrogen (secondary N) is 2. The van der Waals surface area contributed by atoms with E-state index < -0.39 is 5.54 Å². The Balaban J connectivity index is 1.27. The average molecular weight is 480 g/mol. The number of piperidine rings is 1. The van der Waals surface area contributed by atoms with Crippen molar-refractivity contribution in [1.82, 2.24) is 15.3 Å². The van der Waals surface area contributed by atoms with Gasteiger partial charge < -0.3 is 20.9 Å². The SMILES string of the molecule is NC1(C(=O)c2cc3cc(Cl)ccc3[nH]2)CCCCC1NC(=O)C1CCN(c2ccncc2)CC1. The average Bonchev–Trinajstić information content (AvgIpc) is 3.28. The Kier molecular flexibility index (Phi) is 6.32. The third-order valence-electron chi connectivity index (χ3n) is 7.42. The van der Waals surface area contributed by atoms with Gasteiger partial charge in [-0.15, -0.1) is 0 Å². The largest absolute Gasteiger partial charge is 0.371 e. The molecular weight excluding hydrogens is 450 g/mol. The molecule has 1 amide bonds. The normalized spacial score (nSPS) is 23.7. The van der Waals surface area contributed by atoms with E-state index in [1.54, 1.807) is 24.5 Å². The minimum atomic E-state index is -1.13. The summed E-state index contributed by atoms with van der Waals surface area (Å²) in [5, 5.41) is 4.67. The summed E-state index contributed by atoms with van der Waals surface area (Å²) in [7, 11) is 0. The zero-order chi connectivity index (χ0) is 23.7. The number of benzene rings is 1. The smallest absolute Gasteiger partial charge is 0.223 e. The Morgan fingerprint density at radius 2 is 1.85 bits per heavy atom. The number of aromatic amines is 1. The summed E-state index contributed by atoms with van der Waals surface area (Å²) in [4.78, 5) is 36.3. The molecule has 1 aromatic carbocycles. The number of carbonyl (C=O) groups excluding carboxylic acids is 2. The van der Waals surface area contributed by atoms with Crippen LogP contribution in [-0.2, 0) is 4.79 Å². The van der Waals surface area contributed by atoms with Crippen LogP contribution in [0.15, 0.2) is 48.8 Å². The Labute approximate surface area is 204 Å². The molecule has 2 atom stereocenters. The molecule has 2 aliphatic rings. The minimum Gasteiger partial charge on any atom is -0.371 e. The Morgan fingerprint density at radius 1 is 1.09 bits per heavy atom. The van der Waals surface area contributed by atoms with E-state index in [9.17, 15) is 9.59 Å². The molecular formula is C26H30ClN5O2. The monoisotopic (exact) mass is 479 g/mol. The van der Waals surface area contributed by atoms with E-state index in [0.29, 0.717) is 23.6 Å². The molecule has 178 valence electrons. The number of pyridine rings is 1. The first kappa shape index (κ1) is 22.9. The quantitative estimate of drug-likeness (QED) is 0.478. The van der Waals surface area contributed by atoms with Crippen LogP contribution in [0.25, 0.3) is 10.9 Å². The highest BCUT2D eigenvalue weighted by molar-refractivity contribution is 6.31. The van der Waals surface area contributed by atoms with Crippen LogP contribution in [0.4, 0.5) is 5.69 Å². The molecule has 7 nitrogen and oxygen atoms in total. The predicted octanol–water partition coefficient (Wildman–Crippen LogP) is 4.07. The van der Waals surface area contributed by atoms with Crippen LogP contribution in [0.3, 0.4) is 0 Å². The maximum atomic E-state index is 13.6. The fourth-order valence-corrected chi connectivity index (χ4v) is 5.57. The third kappa shape index (κ3) is 4.42. The fourth-order valence-electron chi connectivity index (χ4n) is 5.39. The summed E-state index contributed by atoms with van der Waals surface area (Å²) < 4.78 is 0. The van der Waals surface area contributed by atoms with Crippen LogP contribution in [0.2, 0.25) is 5.02 Å². The van der Waals surface area contributed by atoms with Gasteiger partial charge in [-0.3, -0.25) is 14.6 Å². The summed E-state index contributed by atoms with van der Waals surface area (Å²) in [6.07, 6.45) is 8.19. The number of nitrogens with two attached hydrogens (primary N) is 1. The first-order valence-corrected chi connectivity index (χ1v) is 12.4. The Hall–Kier alpha value is -2.90. The van der Waals surface area contributed by atoms with Gasteiger partial charge in [-0.1, -0.05) is 24.4 Å². The van der Waals surface area contributed by atoms with Gasteiger partial charge in [0.2, 0.25) is 11.7 Å². The van der Waals surface area contributed by atoms with Gasteiger partial charge in [0, 0.05) is 53.0 Å². The van der Waals surface area contributed by atoms with Gasteiger partial charge in [0.05, 0.1) is 11.7 Å². The van der Waals surface area contributed by atoms with Crippen molar-refractivity contribution < 1.29 is 9.59 Å². The van der Waals surface area contributed by atoms with E-state index in [1.807, 2.05) is 24.3 Å². The van der Waals surface area contributed by atoms with E-state index in [2.05, 4.69) is 20.2 Å². The van der Waals surface area contributed by atoms with Gasteiger partial charge in [-0.25, -0.2) is 0 Å². The van der Waals surface area contributed by atoms with E-state index in [1.165, 1.54) is 0 Å². The molecule has 0 bridgehead atoms. The molecule has 1 aliphatic carbocycles. The van der Waals surface area contributed by atoms with E-state index in [-0.39, 0.29) is 23.7 Å². The zero-order valence-corrected chi connectivity index (χ0v) is 19.9. The number of halogens is 1. The highest BCUT2D eigenvalue weighted by Gasteiger charge is 2.45. The fraction of sp³-hybridized carbons (Fsp3) is 0.423. The van der Waals surface area contributed by atoms with Crippen molar-refractivity contribution in [2.75, 3.05) is 18.0 Å². The maximum absolute atomic E-state index is 13.6. The molecule has 0 radical (unpaired) electrons. The molecule has 2 fully saturated rings. The summed E-state index contributed by atoms with van der Waals surface area (Å²) >= 11 is 6.10. The van der Waals surface area contributed by atoms with Gasteiger partial charge in [0.15, 0.2) is 0 Å². The van der Waals surface area contributed by atoms with Crippen molar-refractivity contribution in [3.05, 3.63) is 59.5 Å². The highest BCUT2D eigenvalue weighted by Crippen LogP contribution is 2.32. The number of carbonyl (C=O) groups is 2. The van der Waals surface area contributed by atoms with Crippen molar-refractivity contribution in [2.45, 2.75) is 50.1 Å². The lowest BCUT2D eigenvalue weighted by Gasteiger charge is -2.41. The topological polar surface area (TPSA) is 104 Å².